The van der Waals surface area contributed by atoms with E-state index in [4.69, 9.17) is 4.74 Å². The fourth-order valence-electron chi connectivity index (χ4n) is 2.93. The smallest absolute Gasteiger partial charge is 0.190 e. The van der Waals surface area contributed by atoms with Crippen LogP contribution in [0.1, 0.15) is 65.2 Å². The highest BCUT2D eigenvalue weighted by Crippen LogP contribution is 2.20. The minimum Gasteiger partial charge on any atom is -0.378 e. The number of hydrogen-bond acceptors (Lipinski definition) is 3. The van der Waals surface area contributed by atoms with Crippen molar-refractivity contribution in [2.45, 2.75) is 77.4 Å². The molecule has 0 spiro atoms. The zero-order valence-electron chi connectivity index (χ0n) is 16.4. The summed E-state index contributed by atoms with van der Waals surface area (Å²) in [4.78, 5) is 6.67. The molecule has 1 aliphatic carbocycles. The van der Waals surface area contributed by atoms with Gasteiger partial charge in [-0.05, 0) is 59.5 Å². The van der Waals surface area contributed by atoms with Crippen LogP contribution in [0.15, 0.2) is 4.99 Å². The van der Waals surface area contributed by atoms with Crippen LogP contribution in [-0.4, -0.2) is 63.3 Å². The second-order valence-corrected chi connectivity index (χ2v) is 7.19. The van der Waals surface area contributed by atoms with E-state index in [1.807, 2.05) is 7.05 Å². The van der Waals surface area contributed by atoms with E-state index < -0.39 is 0 Å². The van der Waals surface area contributed by atoms with Crippen molar-refractivity contribution >= 4 is 5.96 Å². The highest BCUT2D eigenvalue weighted by Gasteiger charge is 2.12. The molecule has 0 saturated heterocycles. The quantitative estimate of drug-likeness (QED) is 0.345. The van der Waals surface area contributed by atoms with Crippen LogP contribution in [0.2, 0.25) is 0 Å². The molecule has 0 aromatic carbocycles. The first-order chi connectivity index (χ1) is 11.6. The van der Waals surface area contributed by atoms with Gasteiger partial charge >= 0.3 is 0 Å². The molecule has 5 nitrogen and oxygen atoms in total. The molecule has 1 aliphatic rings. The topological polar surface area (TPSA) is 48.9 Å². The van der Waals surface area contributed by atoms with Gasteiger partial charge in [0, 0.05) is 32.8 Å². The second-order valence-electron chi connectivity index (χ2n) is 7.19. The summed E-state index contributed by atoms with van der Waals surface area (Å²) in [5.41, 5.74) is 0. The number of nitrogens with one attached hydrogen (secondary N) is 2. The number of unbranched alkanes of at least 4 members (excludes halogenated alkanes) is 1. The van der Waals surface area contributed by atoms with Crippen molar-refractivity contribution in [1.29, 1.82) is 0 Å². The lowest BCUT2D eigenvalue weighted by atomic mass is 9.98. The molecule has 0 amide bonds. The average molecular weight is 341 g/mol. The van der Waals surface area contributed by atoms with Crippen LogP contribution in [0.5, 0.6) is 0 Å². The number of nitrogens with zero attached hydrogens (tertiary/aromatic N) is 2. The SMILES string of the molecule is CN=C(NCCCCN(C)C(C)C)NCCCOC1CCCCC1. The van der Waals surface area contributed by atoms with Gasteiger partial charge in [0.1, 0.15) is 0 Å². The Labute approximate surface area is 149 Å². The molecule has 24 heavy (non-hydrogen) atoms. The number of aliphatic imine (C=N–C) groups is 1. The van der Waals surface area contributed by atoms with Crippen LogP contribution in [0, 0.1) is 0 Å². The Morgan fingerprint density at radius 1 is 1.08 bits per heavy atom. The van der Waals surface area contributed by atoms with Crippen molar-refractivity contribution in [3.05, 3.63) is 0 Å². The molecule has 0 unspecified atom stereocenters. The van der Waals surface area contributed by atoms with Crippen LogP contribution < -0.4 is 10.6 Å². The zero-order chi connectivity index (χ0) is 17.6. The van der Waals surface area contributed by atoms with Crippen molar-refractivity contribution in [2.24, 2.45) is 4.99 Å². The Bertz CT molecular complexity index is 327. The maximum absolute atomic E-state index is 5.95. The molecule has 0 radical (unpaired) electrons. The van der Waals surface area contributed by atoms with E-state index in [1.165, 1.54) is 44.9 Å². The summed E-state index contributed by atoms with van der Waals surface area (Å²) in [5.74, 6) is 0.907. The fraction of sp³-hybridized carbons (Fsp3) is 0.947. The number of hydrogen-bond donors (Lipinski definition) is 2. The molecule has 5 heteroatoms. The van der Waals surface area contributed by atoms with Crippen molar-refractivity contribution in [3.8, 4) is 0 Å². The molecular formula is C19H40N4O. The van der Waals surface area contributed by atoms with Gasteiger partial charge in [0.15, 0.2) is 5.96 Å². The summed E-state index contributed by atoms with van der Waals surface area (Å²) >= 11 is 0. The summed E-state index contributed by atoms with van der Waals surface area (Å²) in [6, 6.07) is 0.628. The molecule has 0 heterocycles. The van der Waals surface area contributed by atoms with Crippen molar-refractivity contribution in [1.82, 2.24) is 15.5 Å². The predicted molar refractivity (Wildman–Crippen MR) is 104 cm³/mol. The third-order valence-corrected chi connectivity index (χ3v) is 4.85. The lowest BCUT2D eigenvalue weighted by Gasteiger charge is -2.22. The second kappa shape index (κ2) is 13.5. The van der Waals surface area contributed by atoms with Crippen LogP contribution in [-0.2, 0) is 4.74 Å². The van der Waals surface area contributed by atoms with E-state index in [0.29, 0.717) is 12.1 Å². The standard InChI is InChI=1S/C19H40N4O/c1-17(2)23(4)15-9-8-13-21-19(20-3)22-14-10-16-24-18-11-6-5-7-12-18/h17-18H,5-16H2,1-4H3,(H2,20,21,22). The molecule has 142 valence electrons. The molecule has 0 bridgehead atoms. The predicted octanol–water partition coefficient (Wildman–Crippen LogP) is 3.01. The van der Waals surface area contributed by atoms with Gasteiger partial charge in [0.25, 0.3) is 0 Å². The fourth-order valence-corrected chi connectivity index (χ4v) is 2.93. The third-order valence-electron chi connectivity index (χ3n) is 4.85. The third kappa shape index (κ3) is 10.1. The monoisotopic (exact) mass is 340 g/mol. The summed E-state index contributed by atoms with van der Waals surface area (Å²) in [6.45, 7) is 8.39. The van der Waals surface area contributed by atoms with E-state index in [9.17, 15) is 0 Å². The highest BCUT2D eigenvalue weighted by atomic mass is 16.5. The molecule has 2 N–H and O–H groups in total. The van der Waals surface area contributed by atoms with E-state index in [-0.39, 0.29) is 0 Å². The Morgan fingerprint density at radius 3 is 2.38 bits per heavy atom. The van der Waals surface area contributed by atoms with Crippen molar-refractivity contribution in [2.75, 3.05) is 40.3 Å². The van der Waals surface area contributed by atoms with Gasteiger partial charge in [0.2, 0.25) is 0 Å². The number of rotatable bonds is 11. The number of guanidine groups is 1. The molecule has 1 saturated carbocycles. The van der Waals surface area contributed by atoms with Crippen LogP contribution in [0.25, 0.3) is 0 Å². The lowest BCUT2D eigenvalue weighted by molar-refractivity contribution is 0.0277. The molecule has 0 atom stereocenters. The van der Waals surface area contributed by atoms with Gasteiger partial charge in [-0.3, -0.25) is 4.99 Å². The van der Waals surface area contributed by atoms with E-state index >= 15 is 0 Å². The highest BCUT2D eigenvalue weighted by molar-refractivity contribution is 5.79. The molecule has 1 rings (SSSR count). The van der Waals surface area contributed by atoms with Crippen LogP contribution in [0.3, 0.4) is 0 Å². The summed E-state index contributed by atoms with van der Waals surface area (Å²) in [5, 5.41) is 6.77. The van der Waals surface area contributed by atoms with Crippen molar-refractivity contribution in [3.63, 3.8) is 0 Å². The number of ether oxygens (including phenoxy) is 1. The Kier molecular flexibility index (Phi) is 11.9. The first-order valence-electron chi connectivity index (χ1n) is 9.90. The van der Waals surface area contributed by atoms with Gasteiger partial charge in [0.05, 0.1) is 6.10 Å². The van der Waals surface area contributed by atoms with E-state index in [1.54, 1.807) is 0 Å². The first-order valence-corrected chi connectivity index (χ1v) is 9.90. The maximum atomic E-state index is 5.95. The summed E-state index contributed by atoms with van der Waals surface area (Å²) in [6.07, 6.45) is 10.5. The van der Waals surface area contributed by atoms with E-state index in [0.717, 1.165) is 38.6 Å². The Balaban J connectivity index is 1.96. The molecule has 0 aliphatic heterocycles. The lowest BCUT2D eigenvalue weighted by Crippen LogP contribution is -2.38. The summed E-state index contributed by atoms with van der Waals surface area (Å²) < 4.78 is 5.95. The molecule has 0 aromatic rings. The largest absolute Gasteiger partial charge is 0.378 e. The first kappa shape index (κ1) is 21.2. The summed E-state index contributed by atoms with van der Waals surface area (Å²) in [7, 11) is 4.02. The van der Waals surface area contributed by atoms with Crippen LogP contribution >= 0.6 is 0 Å². The van der Waals surface area contributed by atoms with E-state index in [2.05, 4.69) is 41.4 Å². The normalized spacial score (nSPS) is 16.8. The Hall–Kier alpha value is -0.810. The van der Waals surface area contributed by atoms with Gasteiger partial charge in [-0.2, -0.15) is 0 Å². The average Bonchev–Trinajstić information content (AvgIpc) is 2.60. The molecule has 0 aromatic heterocycles. The van der Waals surface area contributed by atoms with Gasteiger partial charge in [-0.15, -0.1) is 0 Å². The van der Waals surface area contributed by atoms with Gasteiger partial charge in [-0.1, -0.05) is 19.3 Å². The minimum absolute atomic E-state index is 0.514. The van der Waals surface area contributed by atoms with Gasteiger partial charge in [-0.25, -0.2) is 0 Å². The molecular weight excluding hydrogens is 300 g/mol. The zero-order valence-corrected chi connectivity index (χ0v) is 16.4. The van der Waals surface area contributed by atoms with Gasteiger partial charge < -0.3 is 20.3 Å². The maximum Gasteiger partial charge on any atom is 0.190 e. The van der Waals surface area contributed by atoms with Crippen LogP contribution in [0.4, 0.5) is 0 Å². The minimum atomic E-state index is 0.514. The molecule has 1 fully saturated rings. The van der Waals surface area contributed by atoms with Crippen molar-refractivity contribution < 1.29 is 4.74 Å². The Morgan fingerprint density at radius 2 is 1.75 bits per heavy atom.